The summed E-state index contributed by atoms with van der Waals surface area (Å²) >= 11 is 0. The molecule has 1 rings (SSSR count). The molecule has 3 heteroatoms. The monoisotopic (exact) mass is 167 g/mol. The topological polar surface area (TPSA) is 42.2 Å². The lowest BCUT2D eigenvalue weighted by Crippen LogP contribution is -2.22. The predicted octanol–water partition coefficient (Wildman–Crippen LogP) is 0.477. The van der Waals surface area contributed by atoms with Crippen molar-refractivity contribution in [2.45, 2.75) is 13.5 Å². The van der Waals surface area contributed by atoms with E-state index in [1.807, 2.05) is 13.0 Å². The smallest absolute Gasteiger partial charge is 0.250 e. The molecule has 0 fully saturated rings. The zero-order chi connectivity index (χ0) is 8.97. The molecule has 3 nitrogen and oxygen atoms in total. The van der Waals surface area contributed by atoms with Crippen LogP contribution in [0.3, 0.4) is 0 Å². The molecule has 0 saturated carbocycles. The van der Waals surface area contributed by atoms with Gasteiger partial charge in [-0.25, -0.2) is 0 Å². The van der Waals surface area contributed by atoms with Crippen molar-refractivity contribution in [3.63, 3.8) is 0 Å². The van der Waals surface area contributed by atoms with Crippen LogP contribution in [0.1, 0.15) is 6.92 Å². The number of hydrogen-bond acceptors (Lipinski definition) is 2. The summed E-state index contributed by atoms with van der Waals surface area (Å²) in [7, 11) is 0. The number of nitrogens with zero attached hydrogens (tertiary/aromatic N) is 1. The van der Waals surface area contributed by atoms with Gasteiger partial charge in [0.2, 0.25) is 0 Å². The zero-order valence-electron chi connectivity index (χ0n) is 7.10. The Bertz CT molecular complexity index is 293. The van der Waals surface area contributed by atoms with Gasteiger partial charge in [0, 0.05) is 25.4 Å². The van der Waals surface area contributed by atoms with E-state index in [9.17, 15) is 4.79 Å². The second kappa shape index (κ2) is 4.07. The molecule has 12 heavy (non-hydrogen) atoms. The molecule has 0 spiro atoms. The highest BCUT2D eigenvalue weighted by atomic mass is 16.3. The Balaban J connectivity index is 2.76. The van der Waals surface area contributed by atoms with Crippen molar-refractivity contribution >= 4 is 0 Å². The molecule has 1 unspecified atom stereocenters. The fraction of sp³-hybridized carbons (Fsp3) is 0.444. The van der Waals surface area contributed by atoms with Gasteiger partial charge in [-0.05, 0) is 12.0 Å². The third-order valence-corrected chi connectivity index (χ3v) is 1.72. The van der Waals surface area contributed by atoms with E-state index in [1.165, 1.54) is 6.07 Å². The first-order valence-corrected chi connectivity index (χ1v) is 4.00. The van der Waals surface area contributed by atoms with Gasteiger partial charge in [0.05, 0.1) is 0 Å². The second-order valence-electron chi connectivity index (χ2n) is 2.98. The Labute approximate surface area is 71.3 Å². The molecule has 0 bridgehead atoms. The molecule has 0 aromatic carbocycles. The molecule has 0 aliphatic heterocycles. The molecule has 0 aliphatic rings. The van der Waals surface area contributed by atoms with Crippen LogP contribution >= 0.6 is 0 Å². The summed E-state index contributed by atoms with van der Waals surface area (Å²) in [6.45, 7) is 2.59. The Kier molecular flexibility index (Phi) is 3.05. The van der Waals surface area contributed by atoms with Crippen molar-refractivity contribution in [1.29, 1.82) is 0 Å². The molecule has 1 heterocycles. The molecule has 1 N–H and O–H groups in total. The Hall–Kier alpha value is -1.09. The van der Waals surface area contributed by atoms with Gasteiger partial charge in [-0.1, -0.05) is 13.0 Å². The summed E-state index contributed by atoms with van der Waals surface area (Å²) in [5.74, 6) is 0.130. The minimum absolute atomic E-state index is 0.0159. The van der Waals surface area contributed by atoms with Gasteiger partial charge in [0.15, 0.2) is 0 Å². The van der Waals surface area contributed by atoms with Crippen molar-refractivity contribution < 1.29 is 5.11 Å². The number of aliphatic hydroxyl groups excluding tert-OH is 1. The van der Waals surface area contributed by atoms with E-state index in [1.54, 1.807) is 16.8 Å². The number of rotatable bonds is 3. The average molecular weight is 167 g/mol. The van der Waals surface area contributed by atoms with Gasteiger partial charge in [-0.3, -0.25) is 4.79 Å². The van der Waals surface area contributed by atoms with E-state index in [-0.39, 0.29) is 18.1 Å². The molecule has 0 radical (unpaired) electrons. The van der Waals surface area contributed by atoms with Crippen LogP contribution < -0.4 is 5.56 Å². The third kappa shape index (κ3) is 2.20. The van der Waals surface area contributed by atoms with Crippen LogP contribution in [0.15, 0.2) is 29.2 Å². The maximum absolute atomic E-state index is 11.2. The maximum Gasteiger partial charge on any atom is 0.250 e. The van der Waals surface area contributed by atoms with Gasteiger partial charge in [0.25, 0.3) is 5.56 Å². The van der Waals surface area contributed by atoms with E-state index in [0.717, 1.165) is 0 Å². The lowest BCUT2D eigenvalue weighted by molar-refractivity contribution is 0.222. The minimum Gasteiger partial charge on any atom is -0.396 e. The quantitative estimate of drug-likeness (QED) is 0.711. The van der Waals surface area contributed by atoms with E-state index < -0.39 is 0 Å². The molecule has 0 aliphatic carbocycles. The lowest BCUT2D eigenvalue weighted by Gasteiger charge is -2.09. The first-order valence-electron chi connectivity index (χ1n) is 4.00. The Morgan fingerprint density at radius 1 is 1.58 bits per heavy atom. The largest absolute Gasteiger partial charge is 0.396 e. The van der Waals surface area contributed by atoms with Gasteiger partial charge in [-0.15, -0.1) is 0 Å². The third-order valence-electron chi connectivity index (χ3n) is 1.72. The summed E-state index contributed by atoms with van der Waals surface area (Å²) in [4.78, 5) is 11.2. The average Bonchev–Trinajstić information content (AvgIpc) is 2.09. The lowest BCUT2D eigenvalue weighted by atomic mass is 10.2. The minimum atomic E-state index is -0.0159. The van der Waals surface area contributed by atoms with E-state index in [2.05, 4.69) is 0 Å². The van der Waals surface area contributed by atoms with Crippen LogP contribution in [-0.4, -0.2) is 16.3 Å². The molecule has 0 saturated heterocycles. The molecule has 66 valence electrons. The summed E-state index contributed by atoms with van der Waals surface area (Å²) in [6, 6.07) is 5.04. The normalized spacial score (nSPS) is 12.8. The number of aliphatic hydroxyl groups is 1. The standard InChI is InChI=1S/C9H13NO2/c1-8(7-11)6-10-5-3-2-4-9(10)12/h2-5,8,11H,6-7H2,1H3. The van der Waals surface area contributed by atoms with Crippen LogP contribution in [-0.2, 0) is 6.54 Å². The van der Waals surface area contributed by atoms with Crippen molar-refractivity contribution in [3.8, 4) is 0 Å². The zero-order valence-corrected chi connectivity index (χ0v) is 7.10. The van der Waals surface area contributed by atoms with Crippen LogP contribution in [0, 0.1) is 5.92 Å². The SMILES string of the molecule is CC(CO)Cn1ccccc1=O. The van der Waals surface area contributed by atoms with E-state index in [0.29, 0.717) is 6.54 Å². The highest BCUT2D eigenvalue weighted by Gasteiger charge is 2.01. The first kappa shape index (κ1) is 9.00. The van der Waals surface area contributed by atoms with E-state index >= 15 is 0 Å². The van der Waals surface area contributed by atoms with Crippen LogP contribution in [0.25, 0.3) is 0 Å². The highest BCUT2D eigenvalue weighted by Crippen LogP contribution is 1.95. The van der Waals surface area contributed by atoms with Crippen molar-refractivity contribution in [2.75, 3.05) is 6.61 Å². The van der Waals surface area contributed by atoms with Gasteiger partial charge < -0.3 is 9.67 Å². The number of hydrogen-bond donors (Lipinski definition) is 1. The van der Waals surface area contributed by atoms with Crippen molar-refractivity contribution in [2.24, 2.45) is 5.92 Å². The van der Waals surface area contributed by atoms with Gasteiger partial charge >= 0.3 is 0 Å². The molecule has 0 amide bonds. The molecule has 1 atom stereocenters. The summed E-state index contributed by atoms with van der Waals surface area (Å²) in [5.41, 5.74) is -0.0159. The summed E-state index contributed by atoms with van der Waals surface area (Å²) in [5, 5.41) is 8.77. The Morgan fingerprint density at radius 3 is 2.92 bits per heavy atom. The number of pyridine rings is 1. The highest BCUT2D eigenvalue weighted by molar-refractivity contribution is 4.93. The van der Waals surface area contributed by atoms with E-state index in [4.69, 9.17) is 5.11 Å². The molecular formula is C9H13NO2. The van der Waals surface area contributed by atoms with Crippen LogP contribution in [0.5, 0.6) is 0 Å². The fourth-order valence-electron chi connectivity index (χ4n) is 1.01. The van der Waals surface area contributed by atoms with Crippen molar-refractivity contribution in [3.05, 3.63) is 34.7 Å². The van der Waals surface area contributed by atoms with Gasteiger partial charge in [-0.2, -0.15) is 0 Å². The molecule has 1 aromatic rings. The van der Waals surface area contributed by atoms with Crippen LogP contribution in [0.4, 0.5) is 0 Å². The van der Waals surface area contributed by atoms with Gasteiger partial charge in [0.1, 0.15) is 0 Å². The number of aromatic nitrogens is 1. The second-order valence-corrected chi connectivity index (χ2v) is 2.98. The summed E-state index contributed by atoms with van der Waals surface area (Å²) < 4.78 is 1.60. The van der Waals surface area contributed by atoms with Crippen molar-refractivity contribution in [1.82, 2.24) is 4.57 Å². The van der Waals surface area contributed by atoms with Crippen LogP contribution in [0.2, 0.25) is 0 Å². The predicted molar refractivity (Wildman–Crippen MR) is 47.0 cm³/mol. The summed E-state index contributed by atoms with van der Waals surface area (Å²) in [6.07, 6.45) is 1.73. The Morgan fingerprint density at radius 2 is 2.33 bits per heavy atom. The molecule has 1 aromatic heterocycles. The first-order chi connectivity index (χ1) is 5.74. The fourth-order valence-corrected chi connectivity index (χ4v) is 1.01. The molecular weight excluding hydrogens is 154 g/mol. The maximum atomic E-state index is 11.2.